The topological polar surface area (TPSA) is 80.4 Å². The number of hydrogen-bond acceptors (Lipinski definition) is 3. The zero-order valence-electron chi connectivity index (χ0n) is 8.09. The van der Waals surface area contributed by atoms with E-state index in [4.69, 9.17) is 5.11 Å². The fourth-order valence-corrected chi connectivity index (χ4v) is 1.45. The second-order valence-corrected chi connectivity index (χ2v) is 3.88. The number of nitro benzene ring substituents is 1. The van der Waals surface area contributed by atoms with Gasteiger partial charge in [0, 0.05) is 10.5 Å². The first-order valence-electron chi connectivity index (χ1n) is 4.33. The van der Waals surface area contributed by atoms with E-state index in [1.165, 1.54) is 18.2 Å². The first-order valence-corrected chi connectivity index (χ1v) is 5.12. The van der Waals surface area contributed by atoms with Gasteiger partial charge in [-0.3, -0.25) is 14.9 Å². The van der Waals surface area contributed by atoms with Gasteiger partial charge in [-0.25, -0.2) is 0 Å². The third kappa shape index (κ3) is 3.47. The van der Waals surface area contributed by atoms with Crippen molar-refractivity contribution in [3.63, 3.8) is 0 Å². The fraction of sp³-hybridized carbons (Fsp3) is 0.100. The number of nitro groups is 1. The van der Waals surface area contributed by atoms with Crippen LogP contribution in [0.3, 0.4) is 0 Å². The SMILES string of the molecule is O=C(O)CC=Cc1ccc(Br)cc1[N+](=O)[O-]. The lowest BCUT2D eigenvalue weighted by Gasteiger charge is -1.97. The van der Waals surface area contributed by atoms with Gasteiger partial charge in [-0.15, -0.1) is 0 Å². The van der Waals surface area contributed by atoms with Gasteiger partial charge in [-0.2, -0.15) is 0 Å². The molecule has 16 heavy (non-hydrogen) atoms. The van der Waals surface area contributed by atoms with Crippen LogP contribution in [0.15, 0.2) is 28.7 Å². The van der Waals surface area contributed by atoms with Crippen molar-refractivity contribution in [3.05, 3.63) is 44.4 Å². The predicted octanol–water partition coefficient (Wildman–Crippen LogP) is 2.85. The number of hydrogen-bond donors (Lipinski definition) is 1. The van der Waals surface area contributed by atoms with Gasteiger partial charge in [0.15, 0.2) is 0 Å². The molecule has 1 N–H and O–H groups in total. The maximum atomic E-state index is 10.7. The maximum absolute atomic E-state index is 10.7. The third-order valence-corrected chi connectivity index (χ3v) is 2.27. The lowest BCUT2D eigenvalue weighted by Crippen LogP contribution is -1.92. The molecule has 0 bridgehead atoms. The second kappa shape index (κ2) is 5.41. The van der Waals surface area contributed by atoms with E-state index < -0.39 is 10.9 Å². The van der Waals surface area contributed by atoms with Crippen molar-refractivity contribution in [1.82, 2.24) is 0 Å². The summed E-state index contributed by atoms with van der Waals surface area (Å²) in [7, 11) is 0. The average Bonchev–Trinajstić information content (AvgIpc) is 2.19. The van der Waals surface area contributed by atoms with Gasteiger partial charge in [0.25, 0.3) is 5.69 Å². The molecule has 0 aromatic heterocycles. The smallest absolute Gasteiger partial charge is 0.307 e. The summed E-state index contributed by atoms with van der Waals surface area (Å²) >= 11 is 3.13. The predicted molar refractivity (Wildman–Crippen MR) is 62.1 cm³/mol. The zero-order chi connectivity index (χ0) is 12.1. The lowest BCUT2D eigenvalue weighted by molar-refractivity contribution is -0.385. The third-order valence-electron chi connectivity index (χ3n) is 1.78. The molecule has 1 aromatic rings. The lowest BCUT2D eigenvalue weighted by atomic mass is 10.1. The van der Waals surface area contributed by atoms with Crippen molar-refractivity contribution in [1.29, 1.82) is 0 Å². The van der Waals surface area contributed by atoms with Crippen LogP contribution in [0.2, 0.25) is 0 Å². The second-order valence-electron chi connectivity index (χ2n) is 2.96. The van der Waals surface area contributed by atoms with E-state index in [9.17, 15) is 14.9 Å². The Morgan fingerprint density at radius 2 is 2.25 bits per heavy atom. The molecule has 0 radical (unpaired) electrons. The van der Waals surface area contributed by atoms with E-state index >= 15 is 0 Å². The molecule has 0 aliphatic carbocycles. The van der Waals surface area contributed by atoms with Crippen molar-refractivity contribution in [3.8, 4) is 0 Å². The Morgan fingerprint density at radius 1 is 1.56 bits per heavy atom. The minimum absolute atomic E-state index is 0.0592. The fourth-order valence-electron chi connectivity index (χ4n) is 1.10. The Bertz CT molecular complexity index is 456. The molecule has 0 amide bonds. The molecule has 1 rings (SSSR count). The van der Waals surface area contributed by atoms with Crippen molar-refractivity contribution < 1.29 is 14.8 Å². The monoisotopic (exact) mass is 285 g/mol. The molecule has 0 aliphatic rings. The van der Waals surface area contributed by atoms with Crippen LogP contribution in [0, 0.1) is 10.1 Å². The van der Waals surface area contributed by atoms with Crippen molar-refractivity contribution >= 4 is 33.7 Å². The number of carboxylic acids is 1. The Hall–Kier alpha value is -1.69. The van der Waals surface area contributed by atoms with Gasteiger partial charge >= 0.3 is 5.97 Å². The van der Waals surface area contributed by atoms with Crippen LogP contribution in [-0.4, -0.2) is 16.0 Å². The quantitative estimate of drug-likeness (QED) is 0.681. The summed E-state index contributed by atoms with van der Waals surface area (Å²) in [6, 6.07) is 4.59. The van der Waals surface area contributed by atoms with Gasteiger partial charge in [0.2, 0.25) is 0 Å². The number of aliphatic carboxylic acids is 1. The van der Waals surface area contributed by atoms with E-state index in [0.717, 1.165) is 0 Å². The molecule has 0 saturated heterocycles. The Kier molecular flexibility index (Phi) is 4.19. The number of carbonyl (C=O) groups is 1. The first-order chi connectivity index (χ1) is 7.50. The molecule has 0 fully saturated rings. The molecular formula is C10H8BrNO4. The summed E-state index contributed by atoms with van der Waals surface area (Å²) in [6.07, 6.45) is 2.64. The molecule has 5 nitrogen and oxygen atoms in total. The number of benzene rings is 1. The largest absolute Gasteiger partial charge is 0.481 e. The Morgan fingerprint density at radius 3 is 2.81 bits per heavy atom. The standard InChI is InChI=1S/C10H8BrNO4/c11-8-5-4-7(2-1-3-10(13)14)9(6-8)12(15)16/h1-2,4-6H,3H2,(H,13,14). The van der Waals surface area contributed by atoms with E-state index in [0.29, 0.717) is 10.0 Å². The summed E-state index contributed by atoms with van der Waals surface area (Å²) < 4.78 is 0.606. The molecule has 0 spiro atoms. The maximum Gasteiger partial charge on any atom is 0.307 e. The summed E-state index contributed by atoms with van der Waals surface area (Å²) in [6.45, 7) is 0. The highest BCUT2D eigenvalue weighted by atomic mass is 79.9. The highest BCUT2D eigenvalue weighted by molar-refractivity contribution is 9.10. The summed E-state index contributed by atoms with van der Waals surface area (Å²) in [5.41, 5.74) is 0.325. The highest BCUT2D eigenvalue weighted by Gasteiger charge is 2.11. The zero-order valence-corrected chi connectivity index (χ0v) is 9.68. The van der Waals surface area contributed by atoms with Gasteiger partial charge < -0.3 is 5.11 Å². The molecule has 0 aliphatic heterocycles. The van der Waals surface area contributed by atoms with Crippen LogP contribution < -0.4 is 0 Å². The summed E-state index contributed by atoms with van der Waals surface area (Å²) in [5.74, 6) is -0.976. The molecule has 6 heteroatoms. The van der Waals surface area contributed by atoms with E-state index in [1.54, 1.807) is 12.1 Å². The van der Waals surface area contributed by atoms with Crippen LogP contribution in [0.25, 0.3) is 6.08 Å². The van der Waals surface area contributed by atoms with Crippen LogP contribution in [0.5, 0.6) is 0 Å². The molecule has 0 heterocycles. The molecule has 1 aromatic carbocycles. The minimum Gasteiger partial charge on any atom is -0.481 e. The van der Waals surface area contributed by atoms with Gasteiger partial charge in [0.05, 0.1) is 16.9 Å². The van der Waals surface area contributed by atoms with Crippen LogP contribution >= 0.6 is 15.9 Å². The van der Waals surface area contributed by atoms with Crippen molar-refractivity contribution in [2.45, 2.75) is 6.42 Å². The molecule has 0 saturated carbocycles. The van der Waals surface area contributed by atoms with Crippen LogP contribution in [0.4, 0.5) is 5.69 Å². The van der Waals surface area contributed by atoms with Crippen molar-refractivity contribution in [2.75, 3.05) is 0 Å². The normalized spacial score (nSPS) is 10.6. The first kappa shape index (κ1) is 12.4. The van der Waals surface area contributed by atoms with E-state index in [1.807, 2.05) is 0 Å². The van der Waals surface area contributed by atoms with Crippen LogP contribution in [-0.2, 0) is 4.79 Å². The number of rotatable bonds is 4. The van der Waals surface area contributed by atoms with E-state index in [2.05, 4.69) is 15.9 Å². The molecule has 84 valence electrons. The van der Waals surface area contributed by atoms with Gasteiger partial charge in [0.1, 0.15) is 0 Å². The Labute approximate surface area is 99.7 Å². The van der Waals surface area contributed by atoms with Gasteiger partial charge in [-0.1, -0.05) is 28.1 Å². The number of carboxylic acid groups (broad SMARTS) is 1. The van der Waals surface area contributed by atoms with E-state index in [-0.39, 0.29) is 12.1 Å². The van der Waals surface area contributed by atoms with Crippen molar-refractivity contribution in [2.24, 2.45) is 0 Å². The molecule has 0 atom stereocenters. The molecule has 0 unspecified atom stereocenters. The number of nitrogens with zero attached hydrogens (tertiary/aromatic N) is 1. The van der Waals surface area contributed by atoms with Crippen LogP contribution in [0.1, 0.15) is 12.0 Å². The minimum atomic E-state index is -0.976. The summed E-state index contributed by atoms with van der Waals surface area (Å²) in [4.78, 5) is 20.5. The van der Waals surface area contributed by atoms with Gasteiger partial charge in [-0.05, 0) is 12.1 Å². The number of halogens is 1. The summed E-state index contributed by atoms with van der Waals surface area (Å²) in [5, 5.41) is 19.1. The Balaban J connectivity index is 2.99. The average molecular weight is 286 g/mol. The highest BCUT2D eigenvalue weighted by Crippen LogP contribution is 2.24. The molecular weight excluding hydrogens is 278 g/mol.